The number of aryl methyl sites for hydroxylation is 1. The number of aromatic nitrogens is 2. The minimum Gasteiger partial charge on any atom is -0.388 e. The maximum atomic E-state index is 5.66. The smallest absolute Gasteiger partial charge is 0.226 e. The van der Waals surface area contributed by atoms with Gasteiger partial charge >= 0.3 is 0 Å². The summed E-state index contributed by atoms with van der Waals surface area (Å²) in [6.45, 7) is 8.50. The molecule has 1 aromatic heterocycles. The quantitative estimate of drug-likeness (QED) is 0.827. The molecule has 0 bridgehead atoms. The van der Waals surface area contributed by atoms with Gasteiger partial charge in [-0.2, -0.15) is 0 Å². The number of nitrogens with two attached hydrogens (primary N) is 1. The Kier molecular flexibility index (Phi) is 3.80. The lowest BCUT2D eigenvalue weighted by atomic mass is 9.92. The Labute approximate surface area is 114 Å². The predicted molar refractivity (Wildman–Crippen MR) is 77.8 cm³/mol. The second-order valence-corrected chi connectivity index (χ2v) is 5.85. The summed E-state index contributed by atoms with van der Waals surface area (Å²) in [7, 11) is 0. The first kappa shape index (κ1) is 13.2. The zero-order valence-corrected chi connectivity index (χ0v) is 12.0. The van der Waals surface area contributed by atoms with E-state index in [1.165, 1.54) is 6.42 Å². The summed E-state index contributed by atoms with van der Waals surface area (Å²) in [5.74, 6) is 2.11. The lowest BCUT2D eigenvalue weighted by Gasteiger charge is -2.35. The first-order valence-corrected chi connectivity index (χ1v) is 6.77. The molecule has 18 heavy (non-hydrogen) atoms. The van der Waals surface area contributed by atoms with E-state index >= 15 is 0 Å². The van der Waals surface area contributed by atoms with E-state index in [0.717, 1.165) is 24.7 Å². The van der Waals surface area contributed by atoms with Crippen LogP contribution in [-0.4, -0.2) is 28.0 Å². The average Bonchev–Trinajstić information content (AvgIpc) is 2.26. The molecule has 2 rings (SSSR count). The summed E-state index contributed by atoms with van der Waals surface area (Å²) in [5.41, 5.74) is 7.23. The molecule has 0 spiro atoms. The topological polar surface area (TPSA) is 55.0 Å². The van der Waals surface area contributed by atoms with Crippen LogP contribution in [0.15, 0.2) is 6.07 Å². The molecule has 1 fully saturated rings. The molecule has 5 heteroatoms. The number of hydrogen-bond donors (Lipinski definition) is 1. The largest absolute Gasteiger partial charge is 0.388 e. The first-order chi connectivity index (χ1) is 8.45. The van der Waals surface area contributed by atoms with Gasteiger partial charge in [-0.05, 0) is 31.2 Å². The Morgan fingerprint density at radius 1 is 1.33 bits per heavy atom. The number of piperidine rings is 1. The number of nitrogens with zero attached hydrogens (tertiary/aromatic N) is 3. The van der Waals surface area contributed by atoms with Gasteiger partial charge in [-0.25, -0.2) is 9.97 Å². The van der Waals surface area contributed by atoms with Crippen LogP contribution in [0.1, 0.15) is 31.7 Å². The normalized spacial score (nSPS) is 24.1. The van der Waals surface area contributed by atoms with Crippen molar-refractivity contribution < 1.29 is 0 Å². The highest BCUT2D eigenvalue weighted by molar-refractivity contribution is 7.80. The van der Waals surface area contributed by atoms with Crippen molar-refractivity contribution in [2.24, 2.45) is 17.6 Å². The molecule has 4 nitrogen and oxygen atoms in total. The highest BCUT2D eigenvalue weighted by Crippen LogP contribution is 2.24. The van der Waals surface area contributed by atoms with Crippen molar-refractivity contribution in [3.8, 4) is 0 Å². The van der Waals surface area contributed by atoms with Gasteiger partial charge in [0.1, 0.15) is 10.7 Å². The van der Waals surface area contributed by atoms with Gasteiger partial charge in [0, 0.05) is 18.8 Å². The molecule has 0 amide bonds. The summed E-state index contributed by atoms with van der Waals surface area (Å²) in [6, 6.07) is 1.84. The second kappa shape index (κ2) is 5.18. The van der Waals surface area contributed by atoms with Crippen LogP contribution in [0.4, 0.5) is 5.95 Å². The second-order valence-electron chi connectivity index (χ2n) is 5.41. The Bertz CT molecular complexity index is 450. The number of hydrogen-bond acceptors (Lipinski definition) is 4. The Balaban J connectivity index is 2.29. The molecule has 1 aliphatic heterocycles. The molecule has 2 atom stereocenters. The number of rotatable bonds is 2. The van der Waals surface area contributed by atoms with E-state index in [4.69, 9.17) is 18.0 Å². The molecule has 1 aromatic rings. The summed E-state index contributed by atoms with van der Waals surface area (Å²) < 4.78 is 0. The third kappa shape index (κ3) is 2.96. The van der Waals surface area contributed by atoms with E-state index in [1.807, 2.05) is 13.0 Å². The maximum Gasteiger partial charge on any atom is 0.226 e. The fourth-order valence-corrected chi connectivity index (χ4v) is 2.75. The maximum absolute atomic E-state index is 5.66. The van der Waals surface area contributed by atoms with Crippen LogP contribution in [0.5, 0.6) is 0 Å². The van der Waals surface area contributed by atoms with Gasteiger partial charge in [-0.3, -0.25) is 0 Å². The molecule has 1 aliphatic rings. The minimum atomic E-state index is 0.333. The van der Waals surface area contributed by atoms with Gasteiger partial charge in [0.25, 0.3) is 0 Å². The van der Waals surface area contributed by atoms with Crippen molar-refractivity contribution in [1.82, 2.24) is 9.97 Å². The molecule has 2 unspecified atom stereocenters. The van der Waals surface area contributed by atoms with E-state index < -0.39 is 0 Å². The lowest BCUT2D eigenvalue weighted by molar-refractivity contribution is 0.353. The van der Waals surface area contributed by atoms with Crippen molar-refractivity contribution in [2.45, 2.75) is 27.2 Å². The SMILES string of the molecule is Cc1cc(C(N)=S)nc(N2CC(C)CC(C)C2)n1. The molecule has 1 saturated heterocycles. The fraction of sp³-hybridized carbons (Fsp3) is 0.615. The van der Waals surface area contributed by atoms with Crippen molar-refractivity contribution in [2.75, 3.05) is 18.0 Å². The third-order valence-electron chi connectivity index (χ3n) is 3.25. The van der Waals surface area contributed by atoms with Crippen molar-refractivity contribution in [3.63, 3.8) is 0 Å². The van der Waals surface area contributed by atoms with Crippen LogP contribution in [0.2, 0.25) is 0 Å². The molecule has 2 N–H and O–H groups in total. The summed E-state index contributed by atoms with van der Waals surface area (Å²) in [6.07, 6.45) is 1.27. The standard InChI is InChI=1S/C13H20N4S/c1-8-4-9(2)7-17(6-8)13-15-10(3)5-11(16-13)12(14)18/h5,8-9H,4,6-7H2,1-3H3,(H2,14,18). The minimum absolute atomic E-state index is 0.333. The molecule has 0 aromatic carbocycles. The molecule has 98 valence electrons. The van der Waals surface area contributed by atoms with Gasteiger partial charge in [0.2, 0.25) is 5.95 Å². The van der Waals surface area contributed by atoms with Gasteiger partial charge < -0.3 is 10.6 Å². The number of thiocarbonyl (C=S) groups is 1. The summed E-state index contributed by atoms with van der Waals surface area (Å²) in [5, 5.41) is 0. The zero-order chi connectivity index (χ0) is 13.3. The monoisotopic (exact) mass is 264 g/mol. The Morgan fingerprint density at radius 3 is 2.50 bits per heavy atom. The fourth-order valence-electron chi connectivity index (χ4n) is 2.65. The van der Waals surface area contributed by atoms with Gasteiger partial charge in [-0.15, -0.1) is 0 Å². The molecule has 0 radical (unpaired) electrons. The molecule has 0 saturated carbocycles. The summed E-state index contributed by atoms with van der Waals surface area (Å²) in [4.78, 5) is 11.6. The first-order valence-electron chi connectivity index (χ1n) is 6.36. The van der Waals surface area contributed by atoms with E-state index in [1.54, 1.807) is 0 Å². The van der Waals surface area contributed by atoms with Gasteiger partial charge in [0.05, 0.1) is 0 Å². The molecule has 2 heterocycles. The van der Waals surface area contributed by atoms with Gasteiger partial charge in [-0.1, -0.05) is 26.1 Å². The third-order valence-corrected chi connectivity index (χ3v) is 3.46. The Hall–Kier alpha value is -1.23. The van der Waals surface area contributed by atoms with Crippen LogP contribution < -0.4 is 10.6 Å². The lowest BCUT2D eigenvalue weighted by Crippen LogP contribution is -2.40. The molecule has 0 aliphatic carbocycles. The van der Waals surface area contributed by atoms with Crippen LogP contribution in [0.3, 0.4) is 0 Å². The zero-order valence-electron chi connectivity index (χ0n) is 11.2. The van der Waals surface area contributed by atoms with Crippen LogP contribution in [-0.2, 0) is 0 Å². The van der Waals surface area contributed by atoms with Crippen LogP contribution in [0.25, 0.3) is 0 Å². The van der Waals surface area contributed by atoms with Gasteiger partial charge in [0.15, 0.2) is 0 Å². The highest BCUT2D eigenvalue weighted by atomic mass is 32.1. The molecular weight excluding hydrogens is 244 g/mol. The number of anilines is 1. The van der Waals surface area contributed by atoms with Crippen molar-refractivity contribution in [3.05, 3.63) is 17.5 Å². The van der Waals surface area contributed by atoms with E-state index in [-0.39, 0.29) is 0 Å². The summed E-state index contributed by atoms with van der Waals surface area (Å²) >= 11 is 5.00. The van der Waals surface area contributed by atoms with Crippen LogP contribution >= 0.6 is 12.2 Å². The van der Waals surface area contributed by atoms with Crippen molar-refractivity contribution >= 4 is 23.2 Å². The average molecular weight is 264 g/mol. The molecular formula is C13H20N4S. The van der Waals surface area contributed by atoms with E-state index in [9.17, 15) is 0 Å². The van der Waals surface area contributed by atoms with Crippen LogP contribution in [0, 0.1) is 18.8 Å². The van der Waals surface area contributed by atoms with E-state index in [2.05, 4.69) is 28.7 Å². The van der Waals surface area contributed by atoms with E-state index in [0.29, 0.717) is 22.5 Å². The highest BCUT2D eigenvalue weighted by Gasteiger charge is 2.24. The van der Waals surface area contributed by atoms with Crippen molar-refractivity contribution in [1.29, 1.82) is 0 Å². The Morgan fingerprint density at radius 2 is 1.94 bits per heavy atom. The predicted octanol–water partition coefficient (Wildman–Crippen LogP) is 1.90.